The van der Waals surface area contributed by atoms with E-state index in [1.54, 1.807) is 12.1 Å². The first-order valence-corrected chi connectivity index (χ1v) is 7.54. The molecule has 0 saturated carbocycles. The van der Waals surface area contributed by atoms with E-state index in [1.807, 2.05) is 20.2 Å². The number of hydrogen-bond donors (Lipinski definition) is 1. The molecule has 0 amide bonds. The van der Waals surface area contributed by atoms with Crippen molar-refractivity contribution in [3.8, 4) is 6.07 Å². The summed E-state index contributed by atoms with van der Waals surface area (Å²) in [6, 6.07) is 14.0. The lowest BCUT2D eigenvalue weighted by Crippen LogP contribution is -2.08. The lowest BCUT2D eigenvalue weighted by molar-refractivity contribution is 0.858. The number of aryl methyl sites for hydroxylation is 1. The highest BCUT2D eigenvalue weighted by atomic mass is 35.5. The fourth-order valence-corrected chi connectivity index (χ4v) is 2.24. The van der Waals surface area contributed by atoms with Crippen LogP contribution in [0.1, 0.15) is 17.7 Å². The average molecular weight is 315 g/mol. The molecule has 0 saturated heterocycles. The molecule has 0 fully saturated rings. The molecule has 22 heavy (non-hydrogen) atoms. The molecule has 0 aliphatic heterocycles. The van der Waals surface area contributed by atoms with E-state index in [9.17, 15) is 0 Å². The largest absolute Gasteiger partial charge is 0.378 e. The first-order valence-electron chi connectivity index (χ1n) is 7.17. The highest BCUT2D eigenvalue weighted by molar-refractivity contribution is 6.31. The van der Waals surface area contributed by atoms with Gasteiger partial charge in [-0.15, -0.1) is 0 Å². The Kier molecular flexibility index (Phi) is 5.62. The maximum Gasteiger partial charge on any atom is 0.161 e. The zero-order valence-electron chi connectivity index (χ0n) is 12.8. The van der Waals surface area contributed by atoms with E-state index in [0.29, 0.717) is 10.8 Å². The molecule has 114 valence electrons. The smallest absolute Gasteiger partial charge is 0.161 e. The monoisotopic (exact) mass is 314 g/mol. The van der Waals surface area contributed by atoms with Gasteiger partial charge in [0.05, 0.1) is 5.02 Å². The molecule has 0 unspecified atom stereocenters. The highest BCUT2D eigenvalue weighted by Crippen LogP contribution is 2.16. The van der Waals surface area contributed by atoms with Gasteiger partial charge in [0.1, 0.15) is 11.9 Å². The maximum absolute atomic E-state index is 8.90. The van der Waals surface area contributed by atoms with Crippen LogP contribution in [0.4, 0.5) is 11.5 Å². The van der Waals surface area contributed by atoms with E-state index in [4.69, 9.17) is 16.9 Å². The number of benzene rings is 1. The van der Waals surface area contributed by atoms with Crippen LogP contribution >= 0.6 is 11.6 Å². The van der Waals surface area contributed by atoms with Crippen LogP contribution in [0.2, 0.25) is 5.02 Å². The topological polar surface area (TPSA) is 52.0 Å². The Hall–Kier alpha value is -2.25. The van der Waals surface area contributed by atoms with E-state index in [1.165, 1.54) is 11.3 Å². The summed E-state index contributed by atoms with van der Waals surface area (Å²) in [7, 11) is 4.07. The van der Waals surface area contributed by atoms with Crippen molar-refractivity contribution in [3.63, 3.8) is 0 Å². The number of nitrogens with one attached hydrogen (secondary N) is 1. The van der Waals surface area contributed by atoms with Gasteiger partial charge in [0.25, 0.3) is 0 Å². The molecule has 5 heteroatoms. The SMILES string of the molecule is CN(C)c1ccc(CCCNc2ccc(Cl)c(C#N)n2)cc1. The molecule has 0 radical (unpaired) electrons. The van der Waals surface area contributed by atoms with Crippen molar-refractivity contribution in [1.82, 2.24) is 4.98 Å². The summed E-state index contributed by atoms with van der Waals surface area (Å²) in [5.74, 6) is 0.684. The quantitative estimate of drug-likeness (QED) is 0.826. The first kappa shape index (κ1) is 16.1. The van der Waals surface area contributed by atoms with Crippen LogP contribution in [0.5, 0.6) is 0 Å². The van der Waals surface area contributed by atoms with E-state index < -0.39 is 0 Å². The van der Waals surface area contributed by atoms with Crippen molar-refractivity contribution in [2.75, 3.05) is 30.9 Å². The molecule has 0 spiro atoms. The molecule has 2 aromatic rings. The van der Waals surface area contributed by atoms with Gasteiger partial charge in [0.2, 0.25) is 0 Å². The van der Waals surface area contributed by atoms with Gasteiger partial charge < -0.3 is 10.2 Å². The Morgan fingerprint density at radius 2 is 1.91 bits per heavy atom. The normalized spacial score (nSPS) is 10.1. The molecular formula is C17H19ClN4. The van der Waals surface area contributed by atoms with Crippen molar-refractivity contribution in [1.29, 1.82) is 5.26 Å². The van der Waals surface area contributed by atoms with E-state index in [-0.39, 0.29) is 5.69 Å². The molecular weight excluding hydrogens is 296 g/mol. The lowest BCUT2D eigenvalue weighted by Gasteiger charge is -2.12. The standard InChI is InChI=1S/C17H19ClN4/c1-22(2)14-7-5-13(6-8-14)4-3-11-20-17-10-9-15(18)16(12-19)21-17/h5-10H,3-4,11H2,1-2H3,(H,20,21). The third-order valence-corrected chi connectivity index (χ3v) is 3.66. The minimum atomic E-state index is 0.256. The van der Waals surface area contributed by atoms with Gasteiger partial charge in [0.15, 0.2) is 5.69 Å². The summed E-state index contributed by atoms with van der Waals surface area (Å²) in [5, 5.41) is 12.5. The Bertz CT molecular complexity index is 659. The predicted octanol–water partition coefficient (Wildman–Crippen LogP) is 3.72. The second-order valence-electron chi connectivity index (χ2n) is 5.23. The molecule has 0 aliphatic rings. The van der Waals surface area contributed by atoms with Crippen LogP contribution in [0.3, 0.4) is 0 Å². The molecule has 4 nitrogen and oxygen atoms in total. The van der Waals surface area contributed by atoms with Gasteiger partial charge in [-0.05, 0) is 42.7 Å². The second kappa shape index (κ2) is 7.67. The van der Waals surface area contributed by atoms with Gasteiger partial charge in [-0.1, -0.05) is 23.7 Å². The summed E-state index contributed by atoms with van der Waals surface area (Å²) in [4.78, 5) is 6.24. The number of anilines is 2. The first-order chi connectivity index (χ1) is 10.6. The third-order valence-electron chi connectivity index (χ3n) is 3.35. The van der Waals surface area contributed by atoms with Gasteiger partial charge in [-0.3, -0.25) is 0 Å². The fraction of sp³-hybridized carbons (Fsp3) is 0.294. The summed E-state index contributed by atoms with van der Waals surface area (Å²) in [6.45, 7) is 0.801. The molecule has 1 heterocycles. The molecule has 0 aliphatic carbocycles. The van der Waals surface area contributed by atoms with Crippen LogP contribution < -0.4 is 10.2 Å². The maximum atomic E-state index is 8.90. The van der Waals surface area contributed by atoms with Crippen LogP contribution in [0.25, 0.3) is 0 Å². The van der Waals surface area contributed by atoms with Crippen molar-refractivity contribution < 1.29 is 0 Å². The summed E-state index contributed by atoms with van der Waals surface area (Å²) in [5.41, 5.74) is 2.77. The number of rotatable bonds is 6. The third kappa shape index (κ3) is 4.37. The number of aromatic nitrogens is 1. The number of halogens is 1. The minimum Gasteiger partial charge on any atom is -0.378 e. The zero-order valence-corrected chi connectivity index (χ0v) is 13.6. The van der Waals surface area contributed by atoms with E-state index in [2.05, 4.69) is 39.5 Å². The van der Waals surface area contributed by atoms with Crippen molar-refractivity contribution >= 4 is 23.1 Å². The van der Waals surface area contributed by atoms with Crippen molar-refractivity contribution in [2.24, 2.45) is 0 Å². The lowest BCUT2D eigenvalue weighted by atomic mass is 10.1. The predicted molar refractivity (Wildman–Crippen MR) is 91.5 cm³/mol. The van der Waals surface area contributed by atoms with Gasteiger partial charge in [-0.25, -0.2) is 4.98 Å². The Morgan fingerprint density at radius 3 is 2.55 bits per heavy atom. The molecule has 2 rings (SSSR count). The van der Waals surface area contributed by atoms with E-state index >= 15 is 0 Å². The van der Waals surface area contributed by atoms with Crippen LogP contribution in [-0.2, 0) is 6.42 Å². The Balaban J connectivity index is 1.81. The van der Waals surface area contributed by atoms with Gasteiger partial charge in [-0.2, -0.15) is 5.26 Å². The van der Waals surface area contributed by atoms with Gasteiger partial charge in [0, 0.05) is 26.3 Å². The van der Waals surface area contributed by atoms with Crippen LogP contribution in [-0.4, -0.2) is 25.6 Å². The van der Waals surface area contributed by atoms with Gasteiger partial charge >= 0.3 is 0 Å². The van der Waals surface area contributed by atoms with Crippen LogP contribution in [0, 0.1) is 11.3 Å². The minimum absolute atomic E-state index is 0.256. The zero-order chi connectivity index (χ0) is 15.9. The fourth-order valence-electron chi connectivity index (χ4n) is 2.09. The Labute approximate surface area is 136 Å². The highest BCUT2D eigenvalue weighted by Gasteiger charge is 2.02. The molecule has 1 aromatic carbocycles. The Morgan fingerprint density at radius 1 is 1.18 bits per heavy atom. The van der Waals surface area contributed by atoms with Crippen LogP contribution in [0.15, 0.2) is 36.4 Å². The second-order valence-corrected chi connectivity index (χ2v) is 5.64. The molecule has 0 bridgehead atoms. The van der Waals surface area contributed by atoms with Crippen molar-refractivity contribution in [2.45, 2.75) is 12.8 Å². The summed E-state index contributed by atoms with van der Waals surface area (Å²) >= 11 is 5.86. The molecule has 1 aromatic heterocycles. The van der Waals surface area contributed by atoms with E-state index in [0.717, 1.165) is 19.4 Å². The summed E-state index contributed by atoms with van der Waals surface area (Å²) < 4.78 is 0. The summed E-state index contributed by atoms with van der Waals surface area (Å²) in [6.07, 6.45) is 1.99. The van der Waals surface area contributed by atoms with Crippen molar-refractivity contribution in [3.05, 3.63) is 52.7 Å². The number of nitrogens with zero attached hydrogens (tertiary/aromatic N) is 3. The number of nitriles is 1. The molecule has 0 atom stereocenters. The number of hydrogen-bond acceptors (Lipinski definition) is 4. The molecule has 1 N–H and O–H groups in total. The average Bonchev–Trinajstić information content (AvgIpc) is 2.53. The number of pyridine rings is 1.